The van der Waals surface area contributed by atoms with Crippen LogP contribution in [0, 0.1) is 6.92 Å². The Hall–Kier alpha value is -3.72. The number of piperazine rings is 1. The molecule has 0 radical (unpaired) electrons. The number of nitrogens with one attached hydrogen (secondary N) is 2. The number of aryl methyl sites for hydroxylation is 1. The Morgan fingerprint density at radius 1 is 1.18 bits per heavy atom. The number of thiophene rings is 1. The van der Waals surface area contributed by atoms with Gasteiger partial charge < -0.3 is 26.0 Å². The van der Waals surface area contributed by atoms with Gasteiger partial charge in [-0.2, -0.15) is 26.9 Å². The predicted molar refractivity (Wildman–Crippen MR) is 134 cm³/mol. The Morgan fingerprint density at radius 2 is 1.92 bits per heavy atom. The fraction of sp³-hybridized carbons (Fsp3) is 0.348. The number of hydrogen-bond acceptors (Lipinski definition) is 9. The number of nitrogens with zero attached hydrogens (tertiary/aromatic N) is 4. The summed E-state index contributed by atoms with van der Waals surface area (Å²) in [5.41, 5.74) is 7.04. The van der Waals surface area contributed by atoms with E-state index in [0.29, 0.717) is 40.7 Å². The van der Waals surface area contributed by atoms with Gasteiger partial charge in [-0.05, 0) is 30.5 Å². The van der Waals surface area contributed by atoms with Gasteiger partial charge in [0.2, 0.25) is 5.95 Å². The normalized spacial score (nSPS) is 14.6. The van der Waals surface area contributed by atoms with Crippen LogP contribution in [-0.2, 0) is 0 Å². The average molecular weight is 558 g/mol. The molecule has 15 heteroatoms. The van der Waals surface area contributed by atoms with Crippen LogP contribution in [0.5, 0.6) is 5.75 Å². The number of rotatable bonds is 9. The second-order valence-electron chi connectivity index (χ2n) is 8.44. The lowest BCUT2D eigenvalue weighted by Gasteiger charge is -2.36. The summed E-state index contributed by atoms with van der Waals surface area (Å²) in [7, 11) is 0. The molecular weight excluding hydrogens is 533 g/mol. The molecule has 0 saturated carbocycles. The number of halogens is 5. The summed E-state index contributed by atoms with van der Waals surface area (Å²) in [6.45, 7) is -1.41. The van der Waals surface area contributed by atoms with Crippen molar-refractivity contribution >= 4 is 45.4 Å². The van der Waals surface area contributed by atoms with Gasteiger partial charge in [-0.15, -0.1) is 11.3 Å². The molecule has 1 fully saturated rings. The number of carbonyl (C=O) groups excluding carboxylic acids is 1. The first-order valence-corrected chi connectivity index (χ1v) is 12.2. The van der Waals surface area contributed by atoms with Gasteiger partial charge >= 0.3 is 12.8 Å². The van der Waals surface area contributed by atoms with Crippen LogP contribution in [0.25, 0.3) is 0 Å². The molecule has 204 valence electrons. The van der Waals surface area contributed by atoms with E-state index in [1.165, 1.54) is 34.6 Å². The third-order valence-corrected chi connectivity index (χ3v) is 6.53. The fourth-order valence-electron chi connectivity index (χ4n) is 3.88. The molecule has 0 bridgehead atoms. The number of primary amides is 1. The van der Waals surface area contributed by atoms with Crippen molar-refractivity contribution in [1.82, 2.24) is 14.9 Å². The minimum Gasteiger partial charge on any atom is -0.433 e. The third-order valence-electron chi connectivity index (χ3n) is 5.70. The largest absolute Gasteiger partial charge is 0.433 e. The minimum atomic E-state index is -4.28. The molecule has 0 unspecified atom stereocenters. The molecule has 2 aromatic heterocycles. The molecule has 3 aromatic rings. The number of hydrogen-bond donors (Lipinski definition) is 3. The molecule has 4 N–H and O–H groups in total. The summed E-state index contributed by atoms with van der Waals surface area (Å²) in [5.74, 6) is -0.335. The first-order chi connectivity index (χ1) is 18.0. The molecule has 1 amide bonds. The second-order valence-corrected chi connectivity index (χ2v) is 9.36. The van der Waals surface area contributed by atoms with Crippen LogP contribution in [-0.4, -0.2) is 66.3 Å². The van der Waals surface area contributed by atoms with E-state index in [2.05, 4.69) is 20.6 Å². The van der Waals surface area contributed by atoms with E-state index in [-0.39, 0.29) is 30.5 Å². The number of anilines is 5. The van der Waals surface area contributed by atoms with Crippen molar-refractivity contribution in [2.24, 2.45) is 5.73 Å². The van der Waals surface area contributed by atoms with E-state index < -0.39 is 25.2 Å². The summed E-state index contributed by atoms with van der Waals surface area (Å²) in [4.78, 5) is 23.3. The maximum atomic E-state index is 13.2. The fourth-order valence-corrected chi connectivity index (χ4v) is 4.67. The maximum Gasteiger partial charge on any atom is 0.401 e. The van der Waals surface area contributed by atoms with Crippen LogP contribution in [0.15, 0.2) is 35.8 Å². The number of amides is 1. The summed E-state index contributed by atoms with van der Waals surface area (Å²) in [6.07, 6.45) is -2.77. The quantitative estimate of drug-likeness (QED) is 0.325. The van der Waals surface area contributed by atoms with Crippen LogP contribution in [0.4, 0.5) is 50.1 Å². The molecule has 1 aliphatic heterocycles. The zero-order chi connectivity index (χ0) is 27.4. The number of alkyl halides is 5. The third kappa shape index (κ3) is 6.98. The van der Waals surface area contributed by atoms with Crippen molar-refractivity contribution in [2.45, 2.75) is 19.7 Å². The van der Waals surface area contributed by atoms with E-state index in [1.807, 2.05) is 0 Å². The maximum absolute atomic E-state index is 13.2. The Balaban J connectivity index is 1.52. The highest BCUT2D eigenvalue weighted by Crippen LogP contribution is 2.34. The first kappa shape index (κ1) is 27.3. The zero-order valence-corrected chi connectivity index (χ0v) is 20.9. The monoisotopic (exact) mass is 557 g/mol. The minimum absolute atomic E-state index is 0.0721. The molecule has 0 aliphatic carbocycles. The Labute approximate surface area is 218 Å². The average Bonchev–Trinajstić information content (AvgIpc) is 3.30. The molecule has 9 nitrogen and oxygen atoms in total. The summed E-state index contributed by atoms with van der Waals surface area (Å²) in [5, 5.41) is 8.09. The number of ether oxygens (including phenoxy) is 1. The van der Waals surface area contributed by atoms with Crippen molar-refractivity contribution in [3.05, 3.63) is 47.0 Å². The Morgan fingerprint density at radius 3 is 2.58 bits per heavy atom. The van der Waals surface area contributed by atoms with Gasteiger partial charge in [0.05, 0.1) is 17.8 Å². The van der Waals surface area contributed by atoms with Crippen LogP contribution in [0.3, 0.4) is 0 Å². The Kier molecular flexibility index (Phi) is 8.16. The molecule has 1 aromatic carbocycles. The highest BCUT2D eigenvalue weighted by atomic mass is 32.1. The molecule has 1 saturated heterocycles. The molecule has 0 spiro atoms. The van der Waals surface area contributed by atoms with Gasteiger partial charge in [0, 0.05) is 49.7 Å². The van der Waals surface area contributed by atoms with Crippen molar-refractivity contribution in [2.75, 3.05) is 48.3 Å². The van der Waals surface area contributed by atoms with E-state index in [0.717, 1.165) is 0 Å². The van der Waals surface area contributed by atoms with Crippen LogP contribution < -0.4 is 26.0 Å². The smallest absolute Gasteiger partial charge is 0.401 e. The summed E-state index contributed by atoms with van der Waals surface area (Å²) < 4.78 is 69.1. The number of benzene rings is 1. The number of aromatic nitrogens is 2. The SMILES string of the molecule is Cc1cnc(Nc2ccc(N3CCN(CC(F)(F)F)CC3)cc2OC(F)F)nc1Nc1sccc1C(N)=O. The molecule has 3 heterocycles. The van der Waals surface area contributed by atoms with Gasteiger partial charge in [-0.1, -0.05) is 0 Å². The lowest BCUT2D eigenvalue weighted by Crippen LogP contribution is -2.49. The number of nitrogens with two attached hydrogens (primary N) is 1. The highest BCUT2D eigenvalue weighted by molar-refractivity contribution is 7.14. The van der Waals surface area contributed by atoms with Crippen molar-refractivity contribution in [1.29, 1.82) is 0 Å². The standard InChI is InChI=1S/C23H24F5N7O2S/c1-13-11-30-22(33-19(13)32-20-15(18(29)36)4-9-38-20)31-16-3-2-14(10-17(16)37-21(24)25)35-7-5-34(6-8-35)12-23(26,27)28/h2-4,9-11,21H,5-8,12H2,1H3,(H2,29,36)(H2,30,31,32,33). The van der Waals surface area contributed by atoms with E-state index in [1.54, 1.807) is 29.3 Å². The van der Waals surface area contributed by atoms with Crippen LogP contribution in [0.1, 0.15) is 15.9 Å². The van der Waals surface area contributed by atoms with E-state index >= 15 is 0 Å². The van der Waals surface area contributed by atoms with E-state index in [4.69, 9.17) is 10.5 Å². The topological polar surface area (TPSA) is 109 Å². The van der Waals surface area contributed by atoms with Gasteiger partial charge in [-0.25, -0.2) is 4.98 Å². The van der Waals surface area contributed by atoms with E-state index in [9.17, 15) is 26.7 Å². The van der Waals surface area contributed by atoms with Gasteiger partial charge in [0.1, 0.15) is 10.8 Å². The van der Waals surface area contributed by atoms with Crippen molar-refractivity contribution < 1.29 is 31.5 Å². The summed E-state index contributed by atoms with van der Waals surface area (Å²) in [6, 6.07) is 6.14. The molecule has 1 aliphatic rings. The van der Waals surface area contributed by atoms with Gasteiger partial charge in [0.15, 0.2) is 5.75 Å². The second kappa shape index (κ2) is 11.3. The van der Waals surface area contributed by atoms with Gasteiger partial charge in [-0.3, -0.25) is 9.69 Å². The molecule has 38 heavy (non-hydrogen) atoms. The Bertz CT molecular complexity index is 1280. The molecular formula is C23H24F5N7O2S. The van der Waals surface area contributed by atoms with Crippen molar-refractivity contribution in [3.63, 3.8) is 0 Å². The zero-order valence-electron chi connectivity index (χ0n) is 20.1. The van der Waals surface area contributed by atoms with Crippen LogP contribution in [0.2, 0.25) is 0 Å². The number of carbonyl (C=O) groups is 1. The molecule has 0 atom stereocenters. The van der Waals surface area contributed by atoms with Crippen molar-refractivity contribution in [3.8, 4) is 5.75 Å². The van der Waals surface area contributed by atoms with Gasteiger partial charge in [0.25, 0.3) is 5.91 Å². The lowest BCUT2D eigenvalue weighted by molar-refractivity contribution is -0.146. The first-order valence-electron chi connectivity index (χ1n) is 11.4. The predicted octanol–water partition coefficient (Wildman–Crippen LogP) is 4.72. The molecule has 4 rings (SSSR count). The lowest BCUT2D eigenvalue weighted by atomic mass is 10.2. The van der Waals surface area contributed by atoms with Crippen LogP contribution >= 0.6 is 11.3 Å². The summed E-state index contributed by atoms with van der Waals surface area (Å²) >= 11 is 1.26. The highest BCUT2D eigenvalue weighted by Gasteiger charge is 2.32.